The minimum absolute atomic E-state index is 0.0314. The van der Waals surface area contributed by atoms with E-state index < -0.39 is 35.7 Å². The Morgan fingerprint density at radius 1 is 1.46 bits per heavy atom. The third-order valence-corrected chi connectivity index (χ3v) is 4.17. The smallest absolute Gasteiger partial charge is 0.417 e. The van der Waals surface area contributed by atoms with Crippen LogP contribution in [0.25, 0.3) is 0 Å². The predicted molar refractivity (Wildman–Crippen MR) is 77.3 cm³/mol. The van der Waals surface area contributed by atoms with E-state index in [9.17, 15) is 22.8 Å². The summed E-state index contributed by atoms with van der Waals surface area (Å²) in [6.07, 6.45) is -4.59. The van der Waals surface area contributed by atoms with Crippen LogP contribution in [0.1, 0.15) is 30.8 Å². The first-order valence-electron chi connectivity index (χ1n) is 7.18. The second kappa shape index (κ2) is 6.39. The molecule has 0 bridgehead atoms. The van der Waals surface area contributed by atoms with Crippen molar-refractivity contribution in [3.05, 3.63) is 24.0 Å². The monoisotopic (exact) mass is 346 g/mol. The number of aromatic nitrogens is 1. The molecule has 0 aromatic carbocycles. The summed E-state index contributed by atoms with van der Waals surface area (Å²) in [5, 5.41) is 2.43. The molecule has 2 rings (SSSR count). The van der Waals surface area contributed by atoms with Gasteiger partial charge in [-0.15, -0.1) is 0 Å². The zero-order valence-corrected chi connectivity index (χ0v) is 13.3. The lowest BCUT2D eigenvalue weighted by Gasteiger charge is -2.30. The Morgan fingerprint density at radius 2 is 2.12 bits per heavy atom. The molecular formula is C15H17F3N2O4. The predicted octanol–water partition coefficient (Wildman–Crippen LogP) is 2.55. The van der Waals surface area contributed by atoms with Gasteiger partial charge in [0, 0.05) is 11.9 Å². The highest BCUT2D eigenvalue weighted by Gasteiger charge is 2.61. The minimum Gasteiger partial charge on any atom is -0.464 e. The number of nitrogens with zero attached hydrogens (tertiary/aromatic N) is 1. The average Bonchev–Trinajstić information content (AvgIpc) is 2.83. The number of nitrogens with one attached hydrogen (secondary N) is 1. The maximum Gasteiger partial charge on any atom is 0.417 e. The molecule has 2 heterocycles. The number of rotatable bonds is 3. The summed E-state index contributed by atoms with van der Waals surface area (Å²) in [6, 6.07) is 2.68. The van der Waals surface area contributed by atoms with Crippen LogP contribution in [0.4, 0.5) is 18.9 Å². The number of carbonyl (C=O) groups excluding carboxylic acids is 2. The summed E-state index contributed by atoms with van der Waals surface area (Å²) >= 11 is 0. The fourth-order valence-electron chi connectivity index (χ4n) is 2.46. The van der Waals surface area contributed by atoms with Gasteiger partial charge in [-0.05, 0) is 31.4 Å². The van der Waals surface area contributed by atoms with Crippen LogP contribution in [0.15, 0.2) is 18.3 Å². The summed E-state index contributed by atoms with van der Waals surface area (Å²) in [6.45, 7) is 2.33. The first-order chi connectivity index (χ1) is 11.1. The third kappa shape index (κ3) is 3.35. The van der Waals surface area contributed by atoms with Gasteiger partial charge >= 0.3 is 12.1 Å². The first-order valence-corrected chi connectivity index (χ1v) is 7.18. The zero-order valence-electron chi connectivity index (χ0n) is 13.3. The second-order valence-electron chi connectivity index (χ2n) is 5.76. The van der Waals surface area contributed by atoms with E-state index in [0.717, 1.165) is 6.92 Å². The van der Waals surface area contributed by atoms with E-state index in [1.807, 2.05) is 0 Å². The van der Waals surface area contributed by atoms with Gasteiger partial charge in [0.15, 0.2) is 5.60 Å². The van der Waals surface area contributed by atoms with E-state index >= 15 is 0 Å². The minimum atomic E-state index is -4.57. The van der Waals surface area contributed by atoms with Crippen LogP contribution in [0, 0.1) is 5.92 Å². The Kier molecular flexibility index (Phi) is 4.84. The number of amides is 1. The average molecular weight is 346 g/mol. The standard InChI is InChI=1S/C15H17F3N2O4/c1-8-6-11(24-14(8,2)15(16,17)18)12(21)20-9-4-5-19-10(7-9)13(22)23-3/h4-5,7-8,11H,6H2,1-3H3,(H,19,20,21)/t8-,11+,14+/m0/s1. The lowest BCUT2D eigenvalue weighted by Crippen LogP contribution is -2.47. The van der Waals surface area contributed by atoms with Gasteiger partial charge < -0.3 is 14.8 Å². The Morgan fingerprint density at radius 3 is 2.67 bits per heavy atom. The molecule has 0 radical (unpaired) electrons. The molecule has 1 N–H and O–H groups in total. The van der Waals surface area contributed by atoms with E-state index in [2.05, 4.69) is 15.0 Å². The van der Waals surface area contributed by atoms with Crippen LogP contribution in [0.5, 0.6) is 0 Å². The Balaban J connectivity index is 2.10. The van der Waals surface area contributed by atoms with Crippen molar-refractivity contribution >= 4 is 17.6 Å². The molecule has 1 aliphatic heterocycles. The maximum atomic E-state index is 13.1. The number of pyridine rings is 1. The molecule has 3 atom stereocenters. The highest BCUT2D eigenvalue weighted by molar-refractivity contribution is 5.96. The van der Waals surface area contributed by atoms with E-state index in [1.165, 1.54) is 32.4 Å². The number of ether oxygens (including phenoxy) is 2. The molecule has 1 saturated heterocycles. The van der Waals surface area contributed by atoms with Gasteiger partial charge in [0.25, 0.3) is 5.91 Å². The van der Waals surface area contributed by atoms with Gasteiger partial charge in [0.1, 0.15) is 11.8 Å². The molecule has 0 saturated carbocycles. The number of carbonyl (C=O) groups is 2. The van der Waals surface area contributed by atoms with Crippen LogP contribution in [0.3, 0.4) is 0 Å². The molecule has 1 amide bonds. The Labute approximate surface area is 136 Å². The highest BCUT2D eigenvalue weighted by atomic mass is 19.4. The number of alkyl halides is 3. The fraction of sp³-hybridized carbons (Fsp3) is 0.533. The maximum absolute atomic E-state index is 13.1. The summed E-state index contributed by atoms with van der Waals surface area (Å²) in [7, 11) is 1.18. The second-order valence-corrected chi connectivity index (χ2v) is 5.76. The molecule has 1 aromatic rings. The van der Waals surface area contributed by atoms with Crippen LogP contribution < -0.4 is 5.32 Å². The van der Waals surface area contributed by atoms with Gasteiger partial charge in [-0.25, -0.2) is 9.78 Å². The molecule has 132 valence electrons. The fourth-order valence-corrected chi connectivity index (χ4v) is 2.46. The molecule has 1 fully saturated rings. The van der Waals surface area contributed by atoms with Gasteiger partial charge in [0.2, 0.25) is 0 Å². The molecular weight excluding hydrogens is 329 g/mol. The van der Waals surface area contributed by atoms with Crippen molar-refractivity contribution < 1.29 is 32.2 Å². The van der Waals surface area contributed by atoms with Gasteiger partial charge in [-0.2, -0.15) is 13.2 Å². The van der Waals surface area contributed by atoms with Crippen molar-refractivity contribution in [2.45, 2.75) is 38.1 Å². The molecule has 0 spiro atoms. The number of esters is 1. The number of methoxy groups -OCH3 is 1. The molecule has 0 unspecified atom stereocenters. The van der Waals surface area contributed by atoms with E-state index in [4.69, 9.17) is 4.74 Å². The van der Waals surface area contributed by atoms with E-state index in [0.29, 0.717) is 0 Å². The van der Waals surface area contributed by atoms with Crippen molar-refractivity contribution in [2.24, 2.45) is 5.92 Å². The van der Waals surface area contributed by atoms with Crippen molar-refractivity contribution in [1.29, 1.82) is 0 Å². The largest absolute Gasteiger partial charge is 0.464 e. The topological polar surface area (TPSA) is 77.5 Å². The molecule has 1 aromatic heterocycles. The summed E-state index contributed by atoms with van der Waals surface area (Å²) in [4.78, 5) is 27.4. The van der Waals surface area contributed by atoms with E-state index in [1.54, 1.807) is 0 Å². The SMILES string of the molecule is COC(=O)c1cc(NC(=O)[C@H]2C[C@H](C)[C@](C)(C(F)(F)F)O2)ccn1. The van der Waals surface area contributed by atoms with Crippen molar-refractivity contribution in [2.75, 3.05) is 12.4 Å². The molecule has 24 heavy (non-hydrogen) atoms. The van der Waals surface area contributed by atoms with E-state index in [-0.39, 0.29) is 17.8 Å². The lowest BCUT2D eigenvalue weighted by atomic mass is 9.89. The number of halogens is 3. The van der Waals surface area contributed by atoms with Gasteiger partial charge in [-0.3, -0.25) is 4.79 Å². The Hall–Kier alpha value is -2.16. The lowest BCUT2D eigenvalue weighted by molar-refractivity contribution is -0.272. The molecule has 1 aliphatic rings. The molecule has 6 nitrogen and oxygen atoms in total. The van der Waals surface area contributed by atoms with Gasteiger partial charge in [0.05, 0.1) is 7.11 Å². The van der Waals surface area contributed by atoms with Crippen LogP contribution in [-0.2, 0) is 14.3 Å². The Bertz CT molecular complexity index is 650. The van der Waals surface area contributed by atoms with Crippen molar-refractivity contribution in [3.63, 3.8) is 0 Å². The molecule has 0 aliphatic carbocycles. The third-order valence-electron chi connectivity index (χ3n) is 4.17. The van der Waals surface area contributed by atoms with Crippen LogP contribution >= 0.6 is 0 Å². The molecule has 9 heteroatoms. The summed E-state index contributed by atoms with van der Waals surface area (Å²) in [5.74, 6) is -2.27. The zero-order chi connectivity index (χ0) is 18.1. The highest BCUT2D eigenvalue weighted by Crippen LogP contribution is 2.46. The number of hydrogen-bond donors (Lipinski definition) is 1. The normalized spacial score (nSPS) is 26.9. The number of anilines is 1. The van der Waals surface area contributed by atoms with Crippen molar-refractivity contribution in [3.8, 4) is 0 Å². The van der Waals surface area contributed by atoms with Gasteiger partial charge in [-0.1, -0.05) is 6.92 Å². The first kappa shape index (κ1) is 18.2. The summed E-state index contributed by atoms with van der Waals surface area (Å²) in [5.41, 5.74) is -2.19. The number of hydrogen-bond acceptors (Lipinski definition) is 5. The quantitative estimate of drug-likeness (QED) is 0.851. The van der Waals surface area contributed by atoms with Crippen LogP contribution in [0.2, 0.25) is 0 Å². The van der Waals surface area contributed by atoms with Crippen LogP contribution in [-0.4, -0.2) is 41.9 Å². The van der Waals surface area contributed by atoms with Crippen molar-refractivity contribution in [1.82, 2.24) is 4.98 Å². The summed E-state index contributed by atoms with van der Waals surface area (Å²) < 4.78 is 48.9.